The smallest absolute Gasteiger partial charge is 0.163 e. The van der Waals surface area contributed by atoms with Crippen LogP contribution in [0.3, 0.4) is 0 Å². The molecule has 1 unspecified atom stereocenters. The SMILES string of the molecule is CC(=O)c1ccc(N2CCSC(C)C2)cc1O. The quantitative estimate of drug-likeness (QED) is 0.820. The zero-order valence-corrected chi connectivity index (χ0v) is 11.0. The second-order valence-electron chi connectivity index (χ2n) is 4.39. The summed E-state index contributed by atoms with van der Waals surface area (Å²) in [6, 6.07) is 5.32. The first-order chi connectivity index (χ1) is 8.08. The Morgan fingerprint density at radius 2 is 2.29 bits per heavy atom. The molecular weight excluding hydrogens is 234 g/mol. The lowest BCUT2D eigenvalue weighted by atomic mass is 10.1. The third-order valence-electron chi connectivity index (χ3n) is 2.97. The van der Waals surface area contributed by atoms with E-state index in [-0.39, 0.29) is 11.5 Å². The Kier molecular flexibility index (Phi) is 3.62. The van der Waals surface area contributed by atoms with Crippen molar-refractivity contribution in [3.8, 4) is 5.75 Å². The van der Waals surface area contributed by atoms with Crippen molar-refractivity contribution in [2.45, 2.75) is 19.1 Å². The normalized spacial score (nSPS) is 20.4. The van der Waals surface area contributed by atoms with Crippen LogP contribution in [-0.4, -0.2) is 35.0 Å². The van der Waals surface area contributed by atoms with Crippen molar-refractivity contribution in [3.05, 3.63) is 23.8 Å². The van der Waals surface area contributed by atoms with E-state index in [4.69, 9.17) is 0 Å². The molecule has 0 amide bonds. The minimum atomic E-state index is -0.100. The Morgan fingerprint density at radius 1 is 1.53 bits per heavy atom. The van der Waals surface area contributed by atoms with Crippen LogP contribution in [0.25, 0.3) is 0 Å². The molecule has 1 saturated heterocycles. The zero-order chi connectivity index (χ0) is 12.4. The summed E-state index contributed by atoms with van der Waals surface area (Å²) < 4.78 is 0. The highest BCUT2D eigenvalue weighted by atomic mass is 32.2. The highest BCUT2D eigenvalue weighted by Crippen LogP contribution is 2.28. The van der Waals surface area contributed by atoms with Crippen LogP contribution in [0.4, 0.5) is 5.69 Å². The van der Waals surface area contributed by atoms with Crippen LogP contribution in [-0.2, 0) is 0 Å². The van der Waals surface area contributed by atoms with Crippen molar-refractivity contribution >= 4 is 23.2 Å². The van der Waals surface area contributed by atoms with E-state index in [0.29, 0.717) is 10.8 Å². The number of nitrogens with zero attached hydrogens (tertiary/aromatic N) is 1. The number of ketones is 1. The summed E-state index contributed by atoms with van der Waals surface area (Å²) in [5.41, 5.74) is 1.40. The molecule has 4 heteroatoms. The van der Waals surface area contributed by atoms with Crippen LogP contribution in [0, 0.1) is 0 Å². The maximum absolute atomic E-state index is 11.2. The van der Waals surface area contributed by atoms with E-state index in [1.54, 1.807) is 12.1 Å². The number of anilines is 1. The van der Waals surface area contributed by atoms with Gasteiger partial charge in [-0.05, 0) is 19.1 Å². The first-order valence-corrected chi connectivity index (χ1v) is 6.83. The van der Waals surface area contributed by atoms with Crippen LogP contribution < -0.4 is 4.90 Å². The number of carbonyl (C=O) groups excluding carboxylic acids is 1. The highest BCUT2D eigenvalue weighted by molar-refractivity contribution is 8.00. The van der Waals surface area contributed by atoms with Crippen molar-refractivity contribution < 1.29 is 9.90 Å². The molecule has 1 aliphatic heterocycles. The maximum atomic E-state index is 11.2. The number of phenols is 1. The van der Waals surface area contributed by atoms with E-state index < -0.39 is 0 Å². The minimum absolute atomic E-state index is 0.0841. The summed E-state index contributed by atoms with van der Waals surface area (Å²) >= 11 is 1.97. The molecule has 0 radical (unpaired) electrons. The lowest BCUT2D eigenvalue weighted by Crippen LogP contribution is -2.36. The monoisotopic (exact) mass is 251 g/mol. The van der Waals surface area contributed by atoms with Gasteiger partial charge in [0.25, 0.3) is 0 Å². The Bertz CT molecular complexity index is 433. The van der Waals surface area contributed by atoms with Gasteiger partial charge in [-0.15, -0.1) is 0 Å². The van der Waals surface area contributed by atoms with Gasteiger partial charge in [-0.25, -0.2) is 0 Å². The Morgan fingerprint density at radius 3 is 2.88 bits per heavy atom. The van der Waals surface area contributed by atoms with Gasteiger partial charge in [0.15, 0.2) is 5.78 Å². The molecule has 0 aromatic heterocycles. The molecule has 0 bridgehead atoms. The van der Waals surface area contributed by atoms with Crippen molar-refractivity contribution in [2.75, 3.05) is 23.7 Å². The molecule has 1 N–H and O–H groups in total. The van der Waals surface area contributed by atoms with E-state index in [2.05, 4.69) is 11.8 Å². The first-order valence-electron chi connectivity index (χ1n) is 5.78. The number of hydrogen-bond donors (Lipinski definition) is 1. The highest BCUT2D eigenvalue weighted by Gasteiger charge is 2.18. The van der Waals surface area contributed by atoms with Gasteiger partial charge in [0.2, 0.25) is 0 Å². The Labute approximate surface area is 106 Å². The van der Waals surface area contributed by atoms with Gasteiger partial charge in [0.1, 0.15) is 5.75 Å². The standard InChI is InChI=1S/C13H17NO2S/c1-9-8-14(5-6-17-9)11-3-4-12(10(2)15)13(16)7-11/h3-4,7,9,16H,5-6,8H2,1-2H3. The number of thioether (sulfide) groups is 1. The number of benzene rings is 1. The molecule has 1 heterocycles. The molecule has 2 rings (SSSR count). The van der Waals surface area contributed by atoms with Gasteiger partial charge >= 0.3 is 0 Å². The number of hydrogen-bond acceptors (Lipinski definition) is 4. The van der Waals surface area contributed by atoms with Crippen LogP contribution in [0.15, 0.2) is 18.2 Å². The van der Waals surface area contributed by atoms with Crippen molar-refractivity contribution in [1.29, 1.82) is 0 Å². The van der Waals surface area contributed by atoms with E-state index in [9.17, 15) is 9.90 Å². The van der Waals surface area contributed by atoms with Gasteiger partial charge in [0.05, 0.1) is 5.56 Å². The number of phenolic OH excluding ortho intramolecular Hbond substituents is 1. The molecule has 1 atom stereocenters. The van der Waals surface area contributed by atoms with E-state index in [1.165, 1.54) is 6.92 Å². The van der Waals surface area contributed by atoms with Gasteiger partial charge in [-0.2, -0.15) is 11.8 Å². The second-order valence-corrected chi connectivity index (χ2v) is 5.93. The van der Waals surface area contributed by atoms with E-state index >= 15 is 0 Å². The van der Waals surface area contributed by atoms with Crippen molar-refractivity contribution in [2.24, 2.45) is 0 Å². The number of carbonyl (C=O) groups is 1. The topological polar surface area (TPSA) is 40.5 Å². The maximum Gasteiger partial charge on any atom is 0.163 e. The predicted octanol–water partition coefficient (Wildman–Crippen LogP) is 2.54. The minimum Gasteiger partial charge on any atom is -0.507 e. The number of aromatic hydroxyl groups is 1. The summed E-state index contributed by atoms with van der Waals surface area (Å²) in [5.74, 6) is 1.09. The summed E-state index contributed by atoms with van der Waals surface area (Å²) in [5, 5.41) is 10.4. The summed E-state index contributed by atoms with van der Waals surface area (Å²) in [4.78, 5) is 13.5. The molecule has 1 aliphatic rings. The van der Waals surface area contributed by atoms with Crippen LogP contribution >= 0.6 is 11.8 Å². The van der Waals surface area contributed by atoms with Crippen LogP contribution in [0.5, 0.6) is 5.75 Å². The van der Waals surface area contributed by atoms with E-state index in [1.807, 2.05) is 17.8 Å². The average molecular weight is 251 g/mol. The lowest BCUT2D eigenvalue weighted by Gasteiger charge is -2.32. The Hall–Kier alpha value is -1.16. The third-order valence-corrected chi connectivity index (χ3v) is 4.10. The summed E-state index contributed by atoms with van der Waals surface area (Å²) in [7, 11) is 0. The predicted molar refractivity (Wildman–Crippen MR) is 72.2 cm³/mol. The molecule has 0 spiro atoms. The van der Waals surface area contributed by atoms with Gasteiger partial charge < -0.3 is 10.0 Å². The molecule has 1 aromatic rings. The fourth-order valence-electron chi connectivity index (χ4n) is 2.07. The Balaban J connectivity index is 2.22. The molecule has 3 nitrogen and oxygen atoms in total. The lowest BCUT2D eigenvalue weighted by molar-refractivity contribution is 0.101. The van der Waals surface area contributed by atoms with Gasteiger partial charge in [-0.1, -0.05) is 6.92 Å². The average Bonchev–Trinajstić information content (AvgIpc) is 2.28. The fourth-order valence-corrected chi connectivity index (χ4v) is 3.08. The summed E-state index contributed by atoms with van der Waals surface area (Å²) in [6.45, 7) is 5.66. The number of rotatable bonds is 2. The fraction of sp³-hybridized carbons (Fsp3) is 0.462. The molecule has 17 heavy (non-hydrogen) atoms. The van der Waals surface area contributed by atoms with Crippen molar-refractivity contribution in [1.82, 2.24) is 0 Å². The van der Waals surface area contributed by atoms with Crippen molar-refractivity contribution in [3.63, 3.8) is 0 Å². The van der Waals surface area contributed by atoms with Crippen LogP contribution in [0.2, 0.25) is 0 Å². The van der Waals surface area contributed by atoms with Gasteiger partial charge in [-0.3, -0.25) is 4.79 Å². The second kappa shape index (κ2) is 5.00. The molecular formula is C13H17NO2S. The molecule has 0 saturated carbocycles. The van der Waals surface area contributed by atoms with Gasteiger partial charge in [0, 0.05) is 35.8 Å². The largest absolute Gasteiger partial charge is 0.507 e. The first kappa shape index (κ1) is 12.3. The molecule has 0 aliphatic carbocycles. The molecule has 1 aromatic carbocycles. The molecule has 1 fully saturated rings. The molecule has 92 valence electrons. The zero-order valence-electron chi connectivity index (χ0n) is 10.1. The van der Waals surface area contributed by atoms with E-state index in [0.717, 1.165) is 24.5 Å². The van der Waals surface area contributed by atoms with Crippen LogP contribution in [0.1, 0.15) is 24.2 Å². The summed E-state index contributed by atoms with van der Waals surface area (Å²) in [6.07, 6.45) is 0. The number of Topliss-reactive ketones (excluding diaryl/α,β-unsaturated/α-hetero) is 1. The third kappa shape index (κ3) is 2.75.